The minimum absolute atomic E-state index is 0.0615. The molecule has 1 aromatic rings. The number of ether oxygens (including phenoxy) is 3. The van der Waals surface area contributed by atoms with Crippen LogP contribution in [0.3, 0.4) is 0 Å². The third-order valence-corrected chi connectivity index (χ3v) is 4.95. The molecule has 0 fully saturated rings. The van der Waals surface area contributed by atoms with Crippen molar-refractivity contribution in [3.63, 3.8) is 0 Å². The van der Waals surface area contributed by atoms with Gasteiger partial charge in [0.25, 0.3) is 5.91 Å². The number of nitrogens with zero attached hydrogens (tertiary/aromatic N) is 1. The molecule has 0 bridgehead atoms. The van der Waals surface area contributed by atoms with Crippen LogP contribution in [0.5, 0.6) is 17.2 Å². The Bertz CT molecular complexity index is 963. The standard InChI is InChI=1S/C16H16F3NO9S/c1-26-11-4-8(5-12(27-2)13(11)28-3)14(21)20-7-9(6-10(20)15(22)23)29-30(24,25)16(17,18)19/h4-5,7,10H,6H2,1-3H3,(H,22,23)/t10-/m0/s1. The molecule has 1 amide bonds. The Morgan fingerprint density at radius 2 is 1.63 bits per heavy atom. The second-order valence-corrected chi connectivity index (χ2v) is 7.30. The number of hydrogen-bond acceptors (Lipinski definition) is 8. The molecule has 0 saturated heterocycles. The monoisotopic (exact) mass is 455 g/mol. The zero-order valence-electron chi connectivity index (χ0n) is 15.7. The summed E-state index contributed by atoms with van der Waals surface area (Å²) in [6.45, 7) is 0. The van der Waals surface area contributed by atoms with Gasteiger partial charge in [-0.25, -0.2) is 4.79 Å². The lowest BCUT2D eigenvalue weighted by atomic mass is 10.1. The van der Waals surface area contributed by atoms with E-state index in [1.807, 2.05) is 0 Å². The normalized spacial score (nSPS) is 16.7. The summed E-state index contributed by atoms with van der Waals surface area (Å²) in [6, 6.07) is 0.693. The van der Waals surface area contributed by atoms with Gasteiger partial charge in [0.15, 0.2) is 11.5 Å². The smallest absolute Gasteiger partial charge is 0.493 e. The summed E-state index contributed by atoms with van der Waals surface area (Å²) in [5, 5.41) is 9.32. The van der Waals surface area contributed by atoms with Crippen LogP contribution in [0.25, 0.3) is 0 Å². The molecule has 0 unspecified atom stereocenters. The average molecular weight is 455 g/mol. The molecule has 30 heavy (non-hydrogen) atoms. The Morgan fingerprint density at radius 3 is 2.03 bits per heavy atom. The summed E-state index contributed by atoms with van der Waals surface area (Å²) >= 11 is 0. The van der Waals surface area contributed by atoms with Crippen LogP contribution < -0.4 is 14.2 Å². The van der Waals surface area contributed by atoms with Crippen molar-refractivity contribution in [2.45, 2.75) is 18.0 Å². The second-order valence-electron chi connectivity index (χ2n) is 5.76. The van der Waals surface area contributed by atoms with Crippen molar-refractivity contribution in [1.29, 1.82) is 0 Å². The lowest BCUT2D eigenvalue weighted by Gasteiger charge is -2.21. The third-order valence-electron chi connectivity index (χ3n) is 3.94. The van der Waals surface area contributed by atoms with Crippen molar-refractivity contribution in [3.8, 4) is 17.2 Å². The highest BCUT2D eigenvalue weighted by Gasteiger charge is 2.50. The lowest BCUT2D eigenvalue weighted by molar-refractivity contribution is -0.141. The van der Waals surface area contributed by atoms with Gasteiger partial charge >= 0.3 is 21.6 Å². The van der Waals surface area contributed by atoms with Crippen LogP contribution in [0, 0.1) is 0 Å². The lowest BCUT2D eigenvalue weighted by Crippen LogP contribution is -2.38. The molecule has 0 radical (unpaired) electrons. The topological polar surface area (TPSA) is 129 Å². The molecule has 1 aliphatic heterocycles. The van der Waals surface area contributed by atoms with E-state index >= 15 is 0 Å². The van der Waals surface area contributed by atoms with E-state index in [-0.39, 0.29) is 22.8 Å². The minimum atomic E-state index is -6.03. The summed E-state index contributed by atoms with van der Waals surface area (Å²) < 4.78 is 79.2. The first-order chi connectivity index (χ1) is 13.9. The van der Waals surface area contributed by atoms with Crippen molar-refractivity contribution < 1.29 is 54.7 Å². The number of alkyl halides is 3. The number of aliphatic carboxylic acids is 1. The van der Waals surface area contributed by atoms with E-state index in [0.29, 0.717) is 11.1 Å². The maximum absolute atomic E-state index is 12.8. The number of carbonyl (C=O) groups is 2. The molecule has 0 aliphatic carbocycles. The SMILES string of the molecule is COc1cc(C(=O)N2C=C(OS(=O)(=O)C(F)(F)F)C[C@H]2C(=O)O)cc(OC)c1OC. The molecule has 166 valence electrons. The molecule has 1 atom stereocenters. The quantitative estimate of drug-likeness (QED) is 0.483. The maximum Gasteiger partial charge on any atom is 0.534 e. The van der Waals surface area contributed by atoms with Crippen molar-refractivity contribution in [2.24, 2.45) is 0 Å². The van der Waals surface area contributed by atoms with Crippen LogP contribution in [0.4, 0.5) is 13.2 Å². The Morgan fingerprint density at radius 1 is 1.10 bits per heavy atom. The summed E-state index contributed by atoms with van der Waals surface area (Å²) in [4.78, 5) is 24.9. The first-order valence-corrected chi connectivity index (χ1v) is 9.34. The molecular formula is C16H16F3NO9S. The van der Waals surface area contributed by atoms with Gasteiger partial charge in [0.2, 0.25) is 5.75 Å². The first-order valence-electron chi connectivity index (χ1n) is 7.93. The highest BCUT2D eigenvalue weighted by molar-refractivity contribution is 7.87. The van der Waals surface area contributed by atoms with Crippen molar-refractivity contribution in [3.05, 3.63) is 29.7 Å². The van der Waals surface area contributed by atoms with Gasteiger partial charge in [-0.1, -0.05) is 0 Å². The number of methoxy groups -OCH3 is 3. The number of carboxylic acids is 1. The van der Waals surface area contributed by atoms with Crippen LogP contribution in [0.15, 0.2) is 24.1 Å². The van der Waals surface area contributed by atoms with Crippen LogP contribution in [0.1, 0.15) is 16.8 Å². The molecule has 0 aromatic heterocycles. The zero-order valence-corrected chi connectivity index (χ0v) is 16.5. The van der Waals surface area contributed by atoms with Gasteiger partial charge in [-0.2, -0.15) is 21.6 Å². The van der Waals surface area contributed by atoms with E-state index in [1.165, 1.54) is 33.5 Å². The molecule has 1 aromatic carbocycles. The van der Waals surface area contributed by atoms with E-state index in [1.54, 1.807) is 0 Å². The van der Waals surface area contributed by atoms with Gasteiger partial charge in [0.05, 0.1) is 21.3 Å². The largest absolute Gasteiger partial charge is 0.534 e. The molecule has 0 saturated carbocycles. The number of hydrogen-bond donors (Lipinski definition) is 1. The fourth-order valence-corrected chi connectivity index (χ4v) is 3.08. The zero-order chi connectivity index (χ0) is 22.9. The first kappa shape index (κ1) is 23.1. The number of benzene rings is 1. The Kier molecular flexibility index (Phi) is 6.39. The van der Waals surface area contributed by atoms with Crippen LogP contribution in [0.2, 0.25) is 0 Å². The van der Waals surface area contributed by atoms with Gasteiger partial charge in [-0.15, -0.1) is 0 Å². The fraction of sp³-hybridized carbons (Fsp3) is 0.375. The van der Waals surface area contributed by atoms with Crippen molar-refractivity contribution >= 4 is 22.0 Å². The number of rotatable bonds is 7. The van der Waals surface area contributed by atoms with Crippen molar-refractivity contribution in [1.82, 2.24) is 4.90 Å². The van der Waals surface area contributed by atoms with Gasteiger partial charge in [0, 0.05) is 18.2 Å². The second kappa shape index (κ2) is 8.30. The molecule has 14 heteroatoms. The van der Waals surface area contributed by atoms with E-state index < -0.39 is 45.7 Å². The molecular weight excluding hydrogens is 439 g/mol. The molecule has 1 N–H and O–H groups in total. The number of carboxylic acid groups (broad SMARTS) is 1. The Balaban J connectivity index is 2.46. The highest BCUT2D eigenvalue weighted by Crippen LogP contribution is 2.39. The fourth-order valence-electron chi connectivity index (χ4n) is 2.59. The third kappa shape index (κ3) is 4.37. The van der Waals surface area contributed by atoms with Gasteiger partial charge < -0.3 is 23.5 Å². The average Bonchev–Trinajstić information content (AvgIpc) is 3.08. The van der Waals surface area contributed by atoms with Crippen molar-refractivity contribution in [2.75, 3.05) is 21.3 Å². The van der Waals surface area contributed by atoms with Gasteiger partial charge in [-0.05, 0) is 12.1 Å². The Hall–Kier alpha value is -3.16. The van der Waals surface area contributed by atoms with Gasteiger partial charge in [0.1, 0.15) is 11.8 Å². The molecule has 2 rings (SSSR count). The van der Waals surface area contributed by atoms with Gasteiger partial charge in [-0.3, -0.25) is 9.69 Å². The van der Waals surface area contributed by atoms with E-state index in [4.69, 9.17) is 14.2 Å². The van der Waals surface area contributed by atoms with E-state index in [2.05, 4.69) is 4.18 Å². The summed E-state index contributed by atoms with van der Waals surface area (Å²) in [6.07, 6.45) is -0.200. The number of halogens is 3. The predicted molar refractivity (Wildman–Crippen MR) is 92.5 cm³/mol. The molecule has 1 aliphatic rings. The molecule has 0 spiro atoms. The highest BCUT2D eigenvalue weighted by atomic mass is 32.2. The van der Waals surface area contributed by atoms with Crippen LogP contribution in [-0.4, -0.2) is 63.2 Å². The summed E-state index contributed by atoms with van der Waals surface area (Å²) in [5.74, 6) is -3.17. The van der Waals surface area contributed by atoms with Crippen LogP contribution >= 0.6 is 0 Å². The minimum Gasteiger partial charge on any atom is -0.493 e. The van der Waals surface area contributed by atoms with Crippen LogP contribution in [-0.2, 0) is 19.1 Å². The predicted octanol–water partition coefficient (Wildman–Crippen LogP) is 1.72. The molecule has 1 heterocycles. The Labute approximate surface area is 168 Å². The maximum atomic E-state index is 12.8. The number of carbonyl (C=O) groups excluding carboxylic acids is 1. The number of amides is 1. The summed E-state index contributed by atoms with van der Waals surface area (Å²) in [7, 11) is -2.17. The molecule has 10 nitrogen and oxygen atoms in total. The van der Waals surface area contributed by atoms with E-state index in [0.717, 1.165) is 0 Å². The van der Waals surface area contributed by atoms with E-state index in [9.17, 15) is 36.3 Å². The summed E-state index contributed by atoms with van der Waals surface area (Å²) in [5.41, 5.74) is -5.88.